The number of nitrogens with zero attached hydrogens (tertiary/aromatic N) is 5. The average molecular weight is 527 g/mol. The Morgan fingerprint density at radius 2 is 1.83 bits per heavy atom. The molecule has 2 aromatic heterocycles. The van der Waals surface area contributed by atoms with Gasteiger partial charge in [-0.1, -0.05) is 17.7 Å². The number of benzene rings is 1. The predicted octanol–water partition coefficient (Wildman–Crippen LogP) is 4.57. The molecule has 4 rings (SSSR count). The number of fused-ring (bicyclic) bond motifs is 3. The third kappa shape index (κ3) is 6.37. The number of rotatable bonds is 5. The van der Waals surface area contributed by atoms with Crippen molar-refractivity contribution in [3.05, 3.63) is 34.7 Å². The van der Waals surface area contributed by atoms with Crippen LogP contribution in [0.15, 0.2) is 18.2 Å². The summed E-state index contributed by atoms with van der Waals surface area (Å²) in [6.07, 6.45) is -5.12. The van der Waals surface area contributed by atoms with Gasteiger partial charge in [-0.3, -0.25) is 4.90 Å². The van der Waals surface area contributed by atoms with E-state index in [1.807, 2.05) is 12.1 Å². The van der Waals surface area contributed by atoms with Crippen molar-refractivity contribution >= 4 is 39.6 Å². The summed E-state index contributed by atoms with van der Waals surface area (Å²) in [5.41, 5.74) is 1.09. The van der Waals surface area contributed by atoms with E-state index >= 15 is 0 Å². The van der Waals surface area contributed by atoms with Crippen molar-refractivity contribution in [2.75, 3.05) is 33.2 Å². The van der Waals surface area contributed by atoms with Gasteiger partial charge in [0.1, 0.15) is 29.0 Å². The van der Waals surface area contributed by atoms with Gasteiger partial charge in [0, 0.05) is 38.1 Å². The van der Waals surface area contributed by atoms with E-state index in [9.17, 15) is 18.0 Å². The Hall–Kier alpha value is -2.63. The molecule has 0 spiro atoms. The molecular weight excluding hydrogens is 497 g/mol. The van der Waals surface area contributed by atoms with E-state index in [-0.39, 0.29) is 23.0 Å². The van der Waals surface area contributed by atoms with Crippen LogP contribution in [0.4, 0.5) is 18.0 Å². The van der Waals surface area contributed by atoms with E-state index in [1.54, 1.807) is 26.8 Å². The lowest BCUT2D eigenvalue weighted by Gasteiger charge is -2.32. The first-order valence-corrected chi connectivity index (χ1v) is 12.1. The molecule has 0 bridgehead atoms. The van der Waals surface area contributed by atoms with E-state index < -0.39 is 24.4 Å². The number of hydrogen-bond acceptors (Lipinski definition) is 6. The van der Waals surface area contributed by atoms with Crippen LogP contribution in [0.5, 0.6) is 0 Å². The number of carbonyl (C=O) groups is 1. The van der Waals surface area contributed by atoms with Crippen molar-refractivity contribution in [2.24, 2.45) is 0 Å². The zero-order valence-electron chi connectivity index (χ0n) is 20.7. The van der Waals surface area contributed by atoms with Crippen molar-refractivity contribution in [3.63, 3.8) is 0 Å². The minimum Gasteiger partial charge on any atom is -0.444 e. The lowest BCUT2D eigenvalue weighted by molar-refractivity contribution is -0.139. The Labute approximate surface area is 212 Å². The molecule has 8 nitrogen and oxygen atoms in total. The van der Waals surface area contributed by atoms with E-state index in [4.69, 9.17) is 16.3 Å². The molecule has 0 radical (unpaired) electrons. The Morgan fingerprint density at radius 3 is 2.47 bits per heavy atom. The van der Waals surface area contributed by atoms with Crippen LogP contribution in [-0.4, -0.2) is 75.4 Å². The Morgan fingerprint density at radius 1 is 1.14 bits per heavy atom. The Kier molecular flexibility index (Phi) is 7.36. The van der Waals surface area contributed by atoms with Gasteiger partial charge in [-0.15, -0.1) is 0 Å². The van der Waals surface area contributed by atoms with Crippen LogP contribution in [0.2, 0.25) is 5.15 Å². The third-order valence-electron chi connectivity index (χ3n) is 5.89. The molecular formula is C24H30ClF3N6O2. The highest BCUT2D eigenvalue weighted by Gasteiger charge is 2.31. The molecule has 1 aliphatic heterocycles. The van der Waals surface area contributed by atoms with Crippen molar-refractivity contribution in [2.45, 2.75) is 52.2 Å². The highest BCUT2D eigenvalue weighted by atomic mass is 35.5. The van der Waals surface area contributed by atoms with Crippen LogP contribution in [0.1, 0.15) is 32.2 Å². The van der Waals surface area contributed by atoms with Crippen LogP contribution in [0.25, 0.3) is 21.9 Å². The number of amides is 1. The normalized spacial score (nSPS) is 16.1. The first kappa shape index (κ1) is 26.4. The number of likely N-dealkylation sites (N-methyl/N-ethyl adjacent to an activating group) is 1. The summed E-state index contributed by atoms with van der Waals surface area (Å²) in [5.74, 6) is 0.175. The number of hydrogen-bond donors (Lipinski definition) is 1. The van der Waals surface area contributed by atoms with Gasteiger partial charge in [0.15, 0.2) is 5.15 Å². The second-order valence-corrected chi connectivity index (χ2v) is 10.5. The summed E-state index contributed by atoms with van der Waals surface area (Å²) in [6, 6.07) is 5.40. The molecule has 1 aromatic carbocycles. The summed E-state index contributed by atoms with van der Waals surface area (Å²) >= 11 is 6.40. The van der Waals surface area contributed by atoms with Gasteiger partial charge < -0.3 is 19.5 Å². The zero-order chi connectivity index (χ0) is 26.3. The highest BCUT2D eigenvalue weighted by Crippen LogP contribution is 2.34. The number of halogens is 4. The molecule has 12 heteroatoms. The summed E-state index contributed by atoms with van der Waals surface area (Å²) in [4.78, 5) is 25.3. The maximum Gasteiger partial charge on any atom is 0.408 e. The molecule has 1 amide bonds. The van der Waals surface area contributed by atoms with Crippen molar-refractivity contribution in [1.82, 2.24) is 29.7 Å². The lowest BCUT2D eigenvalue weighted by Crippen LogP contribution is -2.43. The van der Waals surface area contributed by atoms with Crippen molar-refractivity contribution in [1.29, 1.82) is 0 Å². The molecule has 3 heterocycles. The Balaban J connectivity index is 1.71. The van der Waals surface area contributed by atoms with E-state index in [2.05, 4.69) is 32.1 Å². The van der Waals surface area contributed by atoms with Crippen molar-refractivity contribution < 1.29 is 22.7 Å². The fraction of sp³-hybridized carbons (Fsp3) is 0.542. The minimum absolute atomic E-state index is 0.0858. The minimum atomic E-state index is -4.46. The molecule has 1 N–H and O–H groups in total. The predicted molar refractivity (Wildman–Crippen MR) is 132 cm³/mol. The molecule has 0 atom stereocenters. The van der Waals surface area contributed by atoms with Gasteiger partial charge in [0.05, 0.1) is 12.1 Å². The maximum absolute atomic E-state index is 13.5. The van der Waals surface area contributed by atoms with Crippen LogP contribution in [0.3, 0.4) is 0 Å². The van der Waals surface area contributed by atoms with Crippen LogP contribution in [0, 0.1) is 0 Å². The molecule has 1 saturated heterocycles. The maximum atomic E-state index is 13.5. The standard InChI is InChI=1S/C24H30ClF3N6O2/c1-23(2,3)36-22(35)29-12-18-30-19-16-11-15(13-33-9-7-32(4)8-10-33)5-6-17(16)34(14-24(26,27)28)20(19)21(25)31-18/h5-6,11H,7-10,12-14H2,1-4H3,(H,29,35). The van der Waals surface area contributed by atoms with E-state index in [0.29, 0.717) is 23.0 Å². The smallest absolute Gasteiger partial charge is 0.408 e. The monoisotopic (exact) mass is 526 g/mol. The van der Waals surface area contributed by atoms with Crippen LogP contribution >= 0.6 is 11.6 Å². The summed E-state index contributed by atoms with van der Waals surface area (Å²) in [5, 5.41) is 3.02. The largest absolute Gasteiger partial charge is 0.444 e. The highest BCUT2D eigenvalue weighted by molar-refractivity contribution is 6.34. The number of carbonyl (C=O) groups excluding carboxylic acids is 1. The second-order valence-electron chi connectivity index (χ2n) is 10.1. The molecule has 1 aliphatic rings. The van der Waals surface area contributed by atoms with Gasteiger partial charge in [-0.25, -0.2) is 14.8 Å². The van der Waals surface area contributed by atoms with Gasteiger partial charge in [0.2, 0.25) is 0 Å². The SMILES string of the molecule is CN1CCN(Cc2ccc3c(c2)c2nc(CNC(=O)OC(C)(C)C)nc(Cl)c2n3CC(F)(F)F)CC1. The Bertz CT molecular complexity index is 1260. The van der Waals surface area contributed by atoms with E-state index in [1.165, 1.54) is 0 Å². The number of nitrogens with one attached hydrogen (secondary N) is 1. The fourth-order valence-corrected chi connectivity index (χ4v) is 4.57. The van der Waals surface area contributed by atoms with Gasteiger partial charge in [0.25, 0.3) is 0 Å². The van der Waals surface area contributed by atoms with Gasteiger partial charge in [-0.05, 0) is 45.5 Å². The summed E-state index contributed by atoms with van der Waals surface area (Å²) < 4.78 is 46.8. The molecule has 196 valence electrons. The quantitative estimate of drug-likeness (QED) is 0.491. The van der Waals surface area contributed by atoms with Crippen LogP contribution in [-0.2, 0) is 24.4 Å². The second kappa shape index (κ2) is 10.0. The van der Waals surface area contributed by atoms with E-state index in [0.717, 1.165) is 36.3 Å². The molecule has 36 heavy (non-hydrogen) atoms. The number of ether oxygens (including phenoxy) is 1. The van der Waals surface area contributed by atoms with Crippen molar-refractivity contribution in [3.8, 4) is 0 Å². The van der Waals surface area contributed by atoms with Crippen LogP contribution < -0.4 is 5.32 Å². The molecule has 0 unspecified atom stereocenters. The average Bonchev–Trinajstić information content (AvgIpc) is 3.05. The first-order chi connectivity index (χ1) is 16.8. The topological polar surface area (TPSA) is 75.5 Å². The number of alkyl carbamates (subject to hydrolysis) is 1. The first-order valence-electron chi connectivity index (χ1n) is 11.7. The van der Waals surface area contributed by atoms with Gasteiger partial charge >= 0.3 is 12.3 Å². The number of piperazine rings is 1. The summed E-state index contributed by atoms with van der Waals surface area (Å²) in [7, 11) is 2.08. The fourth-order valence-electron chi connectivity index (χ4n) is 4.28. The molecule has 0 saturated carbocycles. The van der Waals surface area contributed by atoms with Gasteiger partial charge in [-0.2, -0.15) is 13.2 Å². The third-order valence-corrected chi connectivity index (χ3v) is 6.16. The number of aromatic nitrogens is 3. The zero-order valence-corrected chi connectivity index (χ0v) is 21.5. The lowest BCUT2D eigenvalue weighted by atomic mass is 10.1. The molecule has 3 aromatic rings. The summed E-state index contributed by atoms with van der Waals surface area (Å²) in [6.45, 7) is 8.35. The molecule has 1 fully saturated rings. The number of alkyl halides is 3. The molecule has 0 aliphatic carbocycles.